The molecule has 2 aromatic carbocycles. The molecule has 0 aromatic heterocycles. The number of benzene rings is 2. The normalized spacial score (nSPS) is 19.6. The fourth-order valence-electron chi connectivity index (χ4n) is 2.99. The van der Waals surface area contributed by atoms with Gasteiger partial charge in [0.15, 0.2) is 6.61 Å². The highest BCUT2D eigenvalue weighted by Gasteiger charge is 2.33. The van der Waals surface area contributed by atoms with Gasteiger partial charge in [0.05, 0.1) is 4.92 Å². The number of likely N-dealkylation sites (tertiary alicyclic amines) is 1. The number of nitro benzene ring substituents is 1. The molecule has 25 heavy (non-hydrogen) atoms. The Morgan fingerprint density at radius 1 is 1.16 bits per heavy atom. The molecule has 1 aliphatic heterocycles. The number of hydrogen-bond donors (Lipinski definition) is 1. The zero-order valence-electron chi connectivity index (χ0n) is 13.6. The molecule has 7 nitrogen and oxygen atoms in total. The van der Waals surface area contributed by atoms with Crippen LogP contribution in [-0.2, 0) is 4.79 Å². The van der Waals surface area contributed by atoms with Gasteiger partial charge in [0, 0.05) is 37.2 Å². The van der Waals surface area contributed by atoms with Gasteiger partial charge in [0.1, 0.15) is 5.75 Å². The molecule has 0 radical (unpaired) electrons. The van der Waals surface area contributed by atoms with E-state index in [0.717, 1.165) is 5.56 Å². The van der Waals surface area contributed by atoms with Crippen molar-refractivity contribution in [2.24, 2.45) is 5.73 Å². The van der Waals surface area contributed by atoms with Gasteiger partial charge in [-0.25, -0.2) is 0 Å². The molecule has 0 unspecified atom stereocenters. The van der Waals surface area contributed by atoms with Crippen LogP contribution in [0.5, 0.6) is 5.75 Å². The van der Waals surface area contributed by atoms with Crippen LogP contribution in [0.3, 0.4) is 0 Å². The predicted octanol–water partition coefficient (Wildman–Crippen LogP) is 1.93. The van der Waals surface area contributed by atoms with Crippen LogP contribution in [0.4, 0.5) is 5.69 Å². The third-order valence-corrected chi connectivity index (χ3v) is 4.36. The van der Waals surface area contributed by atoms with Gasteiger partial charge in [-0.2, -0.15) is 0 Å². The molecular formula is C18H19N3O4. The Labute approximate surface area is 145 Å². The molecule has 2 aromatic rings. The lowest BCUT2D eigenvalue weighted by molar-refractivity contribution is -0.384. The number of nitrogens with zero attached hydrogens (tertiary/aromatic N) is 2. The van der Waals surface area contributed by atoms with E-state index in [1.54, 1.807) is 4.90 Å². The molecule has 0 saturated carbocycles. The van der Waals surface area contributed by atoms with Crippen molar-refractivity contribution in [3.05, 3.63) is 70.3 Å². The zero-order chi connectivity index (χ0) is 17.8. The topological polar surface area (TPSA) is 98.7 Å². The number of non-ortho nitro benzene ring substituents is 1. The molecule has 2 N–H and O–H groups in total. The number of nitrogens with two attached hydrogens (primary N) is 1. The highest BCUT2D eigenvalue weighted by atomic mass is 16.6. The summed E-state index contributed by atoms with van der Waals surface area (Å²) in [5.41, 5.74) is 7.30. The summed E-state index contributed by atoms with van der Waals surface area (Å²) < 4.78 is 5.44. The summed E-state index contributed by atoms with van der Waals surface area (Å²) in [6, 6.07) is 15.5. The molecule has 0 aliphatic carbocycles. The first-order valence-corrected chi connectivity index (χ1v) is 8.00. The molecule has 3 rings (SSSR count). The summed E-state index contributed by atoms with van der Waals surface area (Å²) in [6.45, 7) is 0.932. The van der Waals surface area contributed by atoms with Crippen molar-refractivity contribution in [1.82, 2.24) is 4.90 Å². The van der Waals surface area contributed by atoms with Crippen molar-refractivity contribution < 1.29 is 14.5 Å². The van der Waals surface area contributed by atoms with E-state index in [1.807, 2.05) is 30.3 Å². The third-order valence-electron chi connectivity index (χ3n) is 4.36. The van der Waals surface area contributed by atoms with Gasteiger partial charge in [-0.05, 0) is 17.7 Å². The predicted molar refractivity (Wildman–Crippen MR) is 92.3 cm³/mol. The quantitative estimate of drug-likeness (QED) is 0.662. The molecule has 0 spiro atoms. The van der Waals surface area contributed by atoms with Crippen LogP contribution in [0.2, 0.25) is 0 Å². The van der Waals surface area contributed by atoms with Gasteiger partial charge >= 0.3 is 0 Å². The van der Waals surface area contributed by atoms with E-state index in [2.05, 4.69) is 0 Å². The lowest BCUT2D eigenvalue weighted by Crippen LogP contribution is -2.35. The Hall–Kier alpha value is -2.93. The smallest absolute Gasteiger partial charge is 0.269 e. The Morgan fingerprint density at radius 3 is 2.48 bits per heavy atom. The number of ether oxygens (including phenoxy) is 1. The number of amides is 1. The van der Waals surface area contributed by atoms with Gasteiger partial charge in [0.2, 0.25) is 0 Å². The average molecular weight is 341 g/mol. The van der Waals surface area contributed by atoms with Crippen molar-refractivity contribution in [3.8, 4) is 5.75 Å². The van der Waals surface area contributed by atoms with Crippen molar-refractivity contribution in [2.75, 3.05) is 19.7 Å². The lowest BCUT2D eigenvalue weighted by atomic mass is 9.95. The number of rotatable bonds is 5. The molecule has 130 valence electrons. The van der Waals surface area contributed by atoms with Gasteiger partial charge in [-0.1, -0.05) is 30.3 Å². The Balaban J connectivity index is 1.56. The Morgan fingerprint density at radius 2 is 1.84 bits per heavy atom. The SMILES string of the molecule is N[C@@H]1CN(C(=O)COc2ccc([N+](=O)[O-])cc2)C[C@H]1c1ccccc1. The van der Waals surface area contributed by atoms with Crippen LogP contribution in [0, 0.1) is 10.1 Å². The molecule has 1 heterocycles. The van der Waals surface area contributed by atoms with E-state index < -0.39 is 4.92 Å². The Bertz CT molecular complexity index is 749. The summed E-state index contributed by atoms with van der Waals surface area (Å²) in [5.74, 6) is 0.388. The molecule has 0 bridgehead atoms. The van der Waals surface area contributed by atoms with E-state index in [-0.39, 0.29) is 30.2 Å². The van der Waals surface area contributed by atoms with E-state index in [0.29, 0.717) is 18.8 Å². The number of carbonyl (C=O) groups is 1. The maximum absolute atomic E-state index is 12.4. The molecule has 7 heteroatoms. The van der Waals surface area contributed by atoms with Crippen molar-refractivity contribution in [3.63, 3.8) is 0 Å². The van der Waals surface area contributed by atoms with Crippen LogP contribution in [0.25, 0.3) is 0 Å². The van der Waals surface area contributed by atoms with Crippen molar-refractivity contribution in [1.29, 1.82) is 0 Å². The molecule has 1 aliphatic rings. The van der Waals surface area contributed by atoms with Crippen molar-refractivity contribution >= 4 is 11.6 Å². The fraction of sp³-hybridized carbons (Fsp3) is 0.278. The van der Waals surface area contributed by atoms with Gasteiger partial charge in [-0.3, -0.25) is 14.9 Å². The van der Waals surface area contributed by atoms with Crippen LogP contribution in [0.1, 0.15) is 11.5 Å². The number of carbonyl (C=O) groups excluding carboxylic acids is 1. The second-order valence-electron chi connectivity index (χ2n) is 6.02. The monoisotopic (exact) mass is 341 g/mol. The second-order valence-corrected chi connectivity index (χ2v) is 6.02. The molecule has 1 saturated heterocycles. The lowest BCUT2D eigenvalue weighted by Gasteiger charge is -2.17. The Kier molecular flexibility index (Phi) is 4.95. The fourth-order valence-corrected chi connectivity index (χ4v) is 2.99. The first-order chi connectivity index (χ1) is 12.0. The highest BCUT2D eigenvalue weighted by molar-refractivity contribution is 5.78. The van der Waals surface area contributed by atoms with Crippen LogP contribution < -0.4 is 10.5 Å². The van der Waals surface area contributed by atoms with E-state index in [4.69, 9.17) is 10.5 Å². The van der Waals surface area contributed by atoms with E-state index in [1.165, 1.54) is 24.3 Å². The second kappa shape index (κ2) is 7.31. The van der Waals surface area contributed by atoms with Crippen molar-refractivity contribution in [2.45, 2.75) is 12.0 Å². The summed E-state index contributed by atoms with van der Waals surface area (Å²) in [4.78, 5) is 24.2. The third kappa shape index (κ3) is 3.95. The van der Waals surface area contributed by atoms with Gasteiger partial charge < -0.3 is 15.4 Å². The first kappa shape index (κ1) is 16.9. The van der Waals surface area contributed by atoms with Crippen LogP contribution in [0.15, 0.2) is 54.6 Å². The minimum Gasteiger partial charge on any atom is -0.484 e. The molecule has 1 amide bonds. The number of hydrogen-bond acceptors (Lipinski definition) is 5. The first-order valence-electron chi connectivity index (χ1n) is 8.00. The van der Waals surface area contributed by atoms with Gasteiger partial charge in [0.25, 0.3) is 11.6 Å². The molecule has 2 atom stereocenters. The summed E-state index contributed by atoms with van der Waals surface area (Å²) in [7, 11) is 0. The highest BCUT2D eigenvalue weighted by Crippen LogP contribution is 2.26. The summed E-state index contributed by atoms with van der Waals surface area (Å²) >= 11 is 0. The average Bonchev–Trinajstić information content (AvgIpc) is 3.02. The summed E-state index contributed by atoms with van der Waals surface area (Å²) in [5, 5.41) is 10.6. The molecule has 1 fully saturated rings. The van der Waals surface area contributed by atoms with Gasteiger partial charge in [-0.15, -0.1) is 0 Å². The number of nitro groups is 1. The maximum atomic E-state index is 12.4. The van der Waals surface area contributed by atoms with Crippen LogP contribution >= 0.6 is 0 Å². The largest absolute Gasteiger partial charge is 0.484 e. The summed E-state index contributed by atoms with van der Waals surface area (Å²) in [6.07, 6.45) is 0. The van der Waals surface area contributed by atoms with E-state index in [9.17, 15) is 14.9 Å². The minimum absolute atomic E-state index is 0.0186. The zero-order valence-corrected chi connectivity index (χ0v) is 13.6. The standard InChI is InChI=1S/C18H19N3O4/c19-17-11-20(10-16(17)13-4-2-1-3-5-13)18(22)12-25-15-8-6-14(7-9-15)21(23)24/h1-9,16-17H,10-12,19H2/t16-,17+/m0/s1. The maximum Gasteiger partial charge on any atom is 0.269 e. The van der Waals surface area contributed by atoms with E-state index >= 15 is 0 Å². The van der Waals surface area contributed by atoms with Crippen LogP contribution in [-0.4, -0.2) is 41.5 Å². The minimum atomic E-state index is -0.482. The molecular weight excluding hydrogens is 322 g/mol.